The van der Waals surface area contributed by atoms with Gasteiger partial charge in [0.1, 0.15) is 0 Å². The summed E-state index contributed by atoms with van der Waals surface area (Å²) in [5, 5.41) is 20.5. The average molecular weight is 1070 g/mol. The maximum atomic E-state index is 2.42. The summed E-state index contributed by atoms with van der Waals surface area (Å²) in [6.45, 7) is 8.96. The zero-order chi connectivity index (χ0) is 56.4. The van der Waals surface area contributed by atoms with Crippen LogP contribution in [0, 0.1) is 27.7 Å². The third-order valence-corrected chi connectivity index (χ3v) is 17.9. The van der Waals surface area contributed by atoms with E-state index in [-0.39, 0.29) is 0 Å². The molecule has 0 aliphatic heterocycles. The van der Waals surface area contributed by atoms with Crippen LogP contribution in [0.5, 0.6) is 0 Å². The third-order valence-electron chi connectivity index (χ3n) is 17.9. The SMILES string of the molecule is Cc1cc2c(-c3cccc4ccccc34)c3cc(C)c(C)cc3c(-c3cccc4ccccc34)c2cc1C.c1ccc(-c2c3ccccc3c(-c3ccccc3-c3cccc4ccccc34)c3ccccc23)c(-c2cccc3ccccc23)c1. The number of hydrogen-bond donors (Lipinski definition) is 0. The van der Waals surface area contributed by atoms with Crippen LogP contribution < -0.4 is 0 Å². The Bertz CT molecular complexity index is 4830. The number of hydrogen-bond acceptors (Lipinski definition) is 0. The Labute approximate surface area is 491 Å². The van der Waals surface area contributed by atoms with Crippen molar-refractivity contribution in [3.05, 3.63) is 313 Å². The van der Waals surface area contributed by atoms with Gasteiger partial charge in [-0.3, -0.25) is 0 Å². The maximum Gasteiger partial charge on any atom is -0.00199 e. The van der Waals surface area contributed by atoms with Crippen molar-refractivity contribution in [2.75, 3.05) is 0 Å². The predicted octanol–water partition coefficient (Wildman–Crippen LogP) is 23.8. The Morgan fingerprint density at radius 1 is 0.143 bits per heavy atom. The molecule has 0 N–H and O–H groups in total. The van der Waals surface area contributed by atoms with Crippen molar-refractivity contribution in [2.45, 2.75) is 27.7 Å². The van der Waals surface area contributed by atoms with E-state index in [1.807, 2.05) is 0 Å². The van der Waals surface area contributed by atoms with E-state index in [1.54, 1.807) is 0 Å². The van der Waals surface area contributed by atoms with Crippen molar-refractivity contribution >= 4 is 86.2 Å². The number of benzene rings is 16. The number of aryl methyl sites for hydroxylation is 4. The molecular formula is C84H60. The molecule has 0 spiro atoms. The van der Waals surface area contributed by atoms with Gasteiger partial charge in [-0.05, 0) is 203 Å². The Kier molecular flexibility index (Phi) is 12.5. The number of rotatable bonds is 6. The van der Waals surface area contributed by atoms with Crippen molar-refractivity contribution in [1.29, 1.82) is 0 Å². The van der Waals surface area contributed by atoms with Gasteiger partial charge in [0.05, 0.1) is 0 Å². The molecule has 0 fully saturated rings. The minimum atomic E-state index is 1.25. The molecule has 16 rings (SSSR count). The van der Waals surface area contributed by atoms with Gasteiger partial charge < -0.3 is 0 Å². The Balaban J connectivity index is 0.000000146. The Hall–Kier alpha value is -10.4. The predicted molar refractivity (Wildman–Crippen MR) is 364 cm³/mol. The molecule has 396 valence electrons. The highest BCUT2D eigenvalue weighted by Crippen LogP contribution is 2.51. The summed E-state index contributed by atoms with van der Waals surface area (Å²) >= 11 is 0. The van der Waals surface area contributed by atoms with Gasteiger partial charge in [-0.2, -0.15) is 0 Å². The molecule has 0 aliphatic rings. The fourth-order valence-corrected chi connectivity index (χ4v) is 13.7. The molecule has 0 heterocycles. The van der Waals surface area contributed by atoms with E-state index in [9.17, 15) is 0 Å². The van der Waals surface area contributed by atoms with Crippen LogP contribution in [-0.2, 0) is 0 Å². The van der Waals surface area contributed by atoms with Crippen LogP contribution in [0.1, 0.15) is 22.3 Å². The smallest absolute Gasteiger partial charge is 0.00199 e. The summed E-state index contributed by atoms with van der Waals surface area (Å²) in [6, 6.07) is 107. The molecule has 0 radical (unpaired) electrons. The van der Waals surface area contributed by atoms with E-state index in [4.69, 9.17) is 0 Å². The normalized spacial score (nSPS) is 11.6. The molecule has 0 unspecified atom stereocenters. The van der Waals surface area contributed by atoms with Crippen LogP contribution >= 0.6 is 0 Å². The number of fused-ring (bicyclic) bond motifs is 8. The van der Waals surface area contributed by atoms with Crippen LogP contribution in [0.25, 0.3) is 153 Å². The van der Waals surface area contributed by atoms with Crippen molar-refractivity contribution in [2.24, 2.45) is 0 Å². The van der Waals surface area contributed by atoms with Crippen molar-refractivity contribution in [3.63, 3.8) is 0 Å². The second-order valence-electron chi connectivity index (χ2n) is 22.8. The largest absolute Gasteiger partial charge is 0.0616 e. The zero-order valence-corrected chi connectivity index (χ0v) is 47.7. The lowest BCUT2D eigenvalue weighted by molar-refractivity contribution is 1.36. The molecule has 0 saturated carbocycles. The lowest BCUT2D eigenvalue weighted by Crippen LogP contribution is -1.95. The highest BCUT2D eigenvalue weighted by atomic mass is 14.3. The van der Waals surface area contributed by atoms with Gasteiger partial charge in [-0.1, -0.05) is 291 Å². The quantitative estimate of drug-likeness (QED) is 0.146. The van der Waals surface area contributed by atoms with Crippen LogP contribution in [0.3, 0.4) is 0 Å². The average Bonchev–Trinajstić information content (AvgIpc) is 3.02. The van der Waals surface area contributed by atoms with E-state index < -0.39 is 0 Å². The molecule has 84 heavy (non-hydrogen) atoms. The molecule has 0 atom stereocenters. The second-order valence-corrected chi connectivity index (χ2v) is 22.8. The molecule has 0 amide bonds. The first-order valence-corrected chi connectivity index (χ1v) is 29.4. The van der Waals surface area contributed by atoms with Gasteiger partial charge in [0, 0.05) is 0 Å². The van der Waals surface area contributed by atoms with E-state index in [0.29, 0.717) is 0 Å². The minimum absolute atomic E-state index is 1.25. The summed E-state index contributed by atoms with van der Waals surface area (Å²) < 4.78 is 0. The fourth-order valence-electron chi connectivity index (χ4n) is 13.7. The minimum Gasteiger partial charge on any atom is -0.0616 e. The standard InChI is InChI=1S/C46H30.C38H30/c1-3-19-33-31(15-1)17-13-29-35(33)37-21-5-7-23-39(37)45-41-25-9-11-27-43(41)46(44-28-12-10-26-42(44)45)40-24-8-6-22-38(40)36-30-14-18-32-16-2-4-20-34(32)36;1-23-19-33-34(20-24(23)2)38(32-18-10-14-28-12-6-8-16-30(28)32)36-22-26(4)25(3)21-35(36)37(33)31-17-9-13-27-11-5-7-15-29(27)31/h1-30H;5-22H,1-4H3. The Morgan fingerprint density at radius 2 is 0.333 bits per heavy atom. The Morgan fingerprint density at radius 3 is 0.631 bits per heavy atom. The monoisotopic (exact) mass is 1070 g/mol. The van der Waals surface area contributed by atoms with Crippen molar-refractivity contribution in [1.82, 2.24) is 0 Å². The summed E-state index contributed by atoms with van der Waals surface area (Å²) in [6.07, 6.45) is 0. The van der Waals surface area contributed by atoms with Crippen LogP contribution in [0.2, 0.25) is 0 Å². The third kappa shape index (κ3) is 8.44. The molecule has 16 aromatic carbocycles. The van der Waals surface area contributed by atoms with E-state index in [2.05, 4.69) is 319 Å². The first kappa shape index (κ1) is 50.6. The highest BCUT2D eigenvalue weighted by molar-refractivity contribution is 6.27. The van der Waals surface area contributed by atoms with Gasteiger partial charge in [-0.25, -0.2) is 0 Å². The van der Waals surface area contributed by atoms with Gasteiger partial charge in [0.2, 0.25) is 0 Å². The summed E-state index contributed by atoms with van der Waals surface area (Å²) in [5.74, 6) is 0. The maximum absolute atomic E-state index is 2.42. The van der Waals surface area contributed by atoms with Crippen molar-refractivity contribution < 1.29 is 0 Å². The fraction of sp³-hybridized carbons (Fsp3) is 0.0476. The topological polar surface area (TPSA) is 0 Å². The molecular weight excluding hydrogens is 1010 g/mol. The molecule has 16 aromatic rings. The molecule has 0 aliphatic carbocycles. The van der Waals surface area contributed by atoms with Gasteiger partial charge in [-0.15, -0.1) is 0 Å². The van der Waals surface area contributed by atoms with Gasteiger partial charge in [0.25, 0.3) is 0 Å². The molecule has 0 nitrogen and oxygen atoms in total. The second kappa shape index (κ2) is 20.9. The van der Waals surface area contributed by atoms with Crippen molar-refractivity contribution in [3.8, 4) is 66.8 Å². The lowest BCUT2D eigenvalue weighted by atomic mass is 9.81. The summed E-state index contributed by atoms with van der Waals surface area (Å²) in [7, 11) is 0. The molecule has 0 saturated heterocycles. The lowest BCUT2D eigenvalue weighted by Gasteiger charge is -2.22. The zero-order valence-electron chi connectivity index (χ0n) is 47.7. The summed E-state index contributed by atoms with van der Waals surface area (Å²) in [5.41, 5.74) is 20.6. The molecule has 0 bridgehead atoms. The summed E-state index contributed by atoms with van der Waals surface area (Å²) in [4.78, 5) is 0. The van der Waals surface area contributed by atoms with E-state index >= 15 is 0 Å². The van der Waals surface area contributed by atoms with Gasteiger partial charge in [0.15, 0.2) is 0 Å². The molecule has 0 aromatic heterocycles. The van der Waals surface area contributed by atoms with E-state index in [1.165, 1.54) is 175 Å². The van der Waals surface area contributed by atoms with Crippen LogP contribution in [0.15, 0.2) is 291 Å². The molecule has 0 heteroatoms. The van der Waals surface area contributed by atoms with Crippen LogP contribution in [-0.4, -0.2) is 0 Å². The van der Waals surface area contributed by atoms with E-state index in [0.717, 1.165) is 0 Å². The van der Waals surface area contributed by atoms with Gasteiger partial charge >= 0.3 is 0 Å². The first-order valence-electron chi connectivity index (χ1n) is 29.4. The van der Waals surface area contributed by atoms with Crippen LogP contribution in [0.4, 0.5) is 0 Å². The highest BCUT2D eigenvalue weighted by Gasteiger charge is 2.24. The first-order chi connectivity index (χ1) is 41.4.